The van der Waals surface area contributed by atoms with E-state index in [0.29, 0.717) is 0 Å². The molecule has 1 atom stereocenters. The van der Waals surface area contributed by atoms with Gasteiger partial charge in [-0.2, -0.15) is 0 Å². The molecular weight excluding hydrogens is 287 g/mol. The fourth-order valence-electron chi connectivity index (χ4n) is 3.39. The summed E-state index contributed by atoms with van der Waals surface area (Å²) in [5.41, 5.74) is 12.8. The van der Waals surface area contributed by atoms with Gasteiger partial charge in [-0.3, -0.25) is 0 Å². The summed E-state index contributed by atoms with van der Waals surface area (Å²) in [6, 6.07) is 16.9. The van der Waals surface area contributed by atoms with Crippen LogP contribution in [0.25, 0.3) is 22.3 Å². The van der Waals surface area contributed by atoms with Crippen LogP contribution in [0, 0.1) is 19.7 Å². The van der Waals surface area contributed by atoms with Crippen LogP contribution in [0.4, 0.5) is 4.39 Å². The maximum Gasteiger partial charge on any atom is 0.123 e. The fourth-order valence-corrected chi connectivity index (χ4v) is 3.39. The molecule has 2 N–H and O–H groups in total. The average Bonchev–Trinajstić information content (AvgIpc) is 2.80. The first-order chi connectivity index (χ1) is 11.0. The van der Waals surface area contributed by atoms with Crippen LogP contribution in [0.5, 0.6) is 0 Å². The van der Waals surface area contributed by atoms with Gasteiger partial charge in [-0.1, -0.05) is 42.5 Å². The lowest BCUT2D eigenvalue weighted by molar-refractivity contribution is 0.549. The summed E-state index contributed by atoms with van der Waals surface area (Å²) < 4.78 is 15.5. The van der Waals surface area contributed by atoms with Crippen LogP contribution in [0.3, 0.4) is 0 Å². The molecule has 118 valence electrons. The number of halogens is 1. The minimum atomic E-state index is -0.226. The molecule has 0 saturated carbocycles. The topological polar surface area (TPSA) is 30.9 Å². The van der Waals surface area contributed by atoms with Gasteiger partial charge in [0.25, 0.3) is 0 Å². The van der Waals surface area contributed by atoms with Crippen LogP contribution in [0.15, 0.2) is 54.6 Å². The summed E-state index contributed by atoms with van der Waals surface area (Å²) >= 11 is 0. The molecule has 3 aromatic rings. The van der Waals surface area contributed by atoms with Crippen LogP contribution >= 0.6 is 0 Å². The third-order valence-corrected chi connectivity index (χ3v) is 4.30. The minimum Gasteiger partial charge on any atom is -0.333 e. The van der Waals surface area contributed by atoms with Gasteiger partial charge in [0, 0.05) is 22.5 Å². The Labute approximate surface area is 136 Å². The first-order valence-corrected chi connectivity index (χ1v) is 7.79. The lowest BCUT2D eigenvalue weighted by Crippen LogP contribution is -2.17. The number of rotatable bonds is 3. The summed E-state index contributed by atoms with van der Waals surface area (Å²) in [6.45, 7) is 6.14. The highest BCUT2D eigenvalue weighted by Gasteiger charge is 2.21. The van der Waals surface area contributed by atoms with Gasteiger partial charge in [0.05, 0.1) is 6.17 Å². The monoisotopic (exact) mass is 308 g/mol. The van der Waals surface area contributed by atoms with E-state index in [-0.39, 0.29) is 12.0 Å². The van der Waals surface area contributed by atoms with E-state index >= 15 is 0 Å². The second-order valence-corrected chi connectivity index (χ2v) is 5.90. The molecule has 3 rings (SSSR count). The summed E-state index contributed by atoms with van der Waals surface area (Å²) in [6.07, 6.45) is -0.119. The van der Waals surface area contributed by atoms with E-state index in [1.54, 1.807) is 0 Å². The number of nitrogens with zero attached hydrogens (tertiary/aromatic N) is 1. The molecule has 1 unspecified atom stereocenters. The first kappa shape index (κ1) is 15.5. The Balaban J connectivity index is 2.33. The molecule has 0 spiro atoms. The molecule has 0 aliphatic heterocycles. The van der Waals surface area contributed by atoms with Crippen molar-refractivity contribution in [3.05, 3.63) is 71.8 Å². The Morgan fingerprint density at radius 1 is 0.826 bits per heavy atom. The van der Waals surface area contributed by atoms with Gasteiger partial charge in [0.1, 0.15) is 5.82 Å². The molecule has 0 bridgehead atoms. The van der Waals surface area contributed by atoms with Crippen molar-refractivity contribution in [3.8, 4) is 22.3 Å². The molecule has 0 radical (unpaired) electrons. The van der Waals surface area contributed by atoms with Gasteiger partial charge in [-0.25, -0.2) is 4.39 Å². The number of nitrogens with two attached hydrogens (primary N) is 1. The smallest absolute Gasteiger partial charge is 0.123 e. The summed E-state index contributed by atoms with van der Waals surface area (Å²) in [4.78, 5) is 0. The van der Waals surface area contributed by atoms with E-state index in [4.69, 9.17) is 5.73 Å². The number of benzene rings is 2. The van der Waals surface area contributed by atoms with Crippen molar-refractivity contribution in [2.75, 3.05) is 0 Å². The molecule has 2 aromatic carbocycles. The van der Waals surface area contributed by atoms with E-state index in [2.05, 4.69) is 30.5 Å². The van der Waals surface area contributed by atoms with Crippen molar-refractivity contribution in [1.29, 1.82) is 0 Å². The van der Waals surface area contributed by atoms with E-state index in [9.17, 15) is 4.39 Å². The van der Waals surface area contributed by atoms with E-state index in [0.717, 1.165) is 33.6 Å². The summed E-state index contributed by atoms with van der Waals surface area (Å²) in [5.74, 6) is -0.226. The van der Waals surface area contributed by atoms with Crippen molar-refractivity contribution in [3.63, 3.8) is 0 Å². The third kappa shape index (κ3) is 2.68. The molecule has 0 saturated heterocycles. The molecule has 0 amide bonds. The molecule has 0 aliphatic rings. The number of hydrogen-bond acceptors (Lipinski definition) is 1. The molecule has 23 heavy (non-hydrogen) atoms. The van der Waals surface area contributed by atoms with E-state index in [1.807, 2.05) is 37.3 Å². The van der Waals surface area contributed by atoms with Gasteiger partial charge < -0.3 is 10.3 Å². The largest absolute Gasteiger partial charge is 0.333 e. The van der Waals surface area contributed by atoms with Gasteiger partial charge >= 0.3 is 0 Å². The predicted molar refractivity (Wildman–Crippen MR) is 93.6 cm³/mol. The van der Waals surface area contributed by atoms with Gasteiger partial charge in [0.15, 0.2) is 0 Å². The Bertz CT molecular complexity index is 815. The van der Waals surface area contributed by atoms with Gasteiger partial charge in [-0.05, 0) is 44.0 Å². The Hall–Kier alpha value is -2.39. The quantitative estimate of drug-likeness (QED) is 0.720. The van der Waals surface area contributed by atoms with Crippen LogP contribution in [0.2, 0.25) is 0 Å². The summed E-state index contributed by atoms with van der Waals surface area (Å²) in [7, 11) is 0. The van der Waals surface area contributed by atoms with Crippen LogP contribution in [-0.4, -0.2) is 4.57 Å². The normalized spacial score (nSPS) is 12.4. The second-order valence-electron chi connectivity index (χ2n) is 5.90. The van der Waals surface area contributed by atoms with Crippen LogP contribution in [-0.2, 0) is 0 Å². The zero-order chi connectivity index (χ0) is 16.6. The molecule has 2 nitrogen and oxygen atoms in total. The predicted octanol–water partition coefficient (Wildman–Crippen LogP) is 5.06. The first-order valence-electron chi connectivity index (χ1n) is 7.79. The number of aromatic nitrogens is 1. The van der Waals surface area contributed by atoms with Crippen molar-refractivity contribution in [2.24, 2.45) is 5.73 Å². The van der Waals surface area contributed by atoms with E-state index in [1.165, 1.54) is 12.1 Å². The van der Waals surface area contributed by atoms with E-state index < -0.39 is 0 Å². The molecule has 3 heteroatoms. The molecule has 1 heterocycles. The van der Waals surface area contributed by atoms with Crippen molar-refractivity contribution in [2.45, 2.75) is 26.9 Å². The average molecular weight is 308 g/mol. The lowest BCUT2D eigenvalue weighted by atomic mass is 9.95. The van der Waals surface area contributed by atoms with Crippen molar-refractivity contribution < 1.29 is 4.39 Å². The number of hydrogen-bond donors (Lipinski definition) is 1. The molecule has 1 aromatic heterocycles. The lowest BCUT2D eigenvalue weighted by Gasteiger charge is -2.13. The molecule has 0 fully saturated rings. The van der Waals surface area contributed by atoms with Gasteiger partial charge in [0.2, 0.25) is 0 Å². The van der Waals surface area contributed by atoms with Crippen molar-refractivity contribution >= 4 is 0 Å². The second kappa shape index (κ2) is 6.01. The third-order valence-electron chi connectivity index (χ3n) is 4.30. The highest BCUT2D eigenvalue weighted by atomic mass is 19.1. The van der Waals surface area contributed by atoms with Crippen molar-refractivity contribution in [1.82, 2.24) is 4.57 Å². The zero-order valence-electron chi connectivity index (χ0n) is 13.7. The fraction of sp³-hybridized carbons (Fsp3) is 0.200. The maximum absolute atomic E-state index is 13.3. The zero-order valence-corrected chi connectivity index (χ0v) is 13.7. The molecule has 0 aliphatic carbocycles. The highest BCUT2D eigenvalue weighted by Crippen LogP contribution is 2.40. The Kier molecular flexibility index (Phi) is 4.05. The Morgan fingerprint density at radius 2 is 1.30 bits per heavy atom. The minimum absolute atomic E-state index is 0.119. The SMILES string of the molecule is Cc1c(-c2ccccc2)c(-c2ccc(F)cc2)c(C)n1C(C)N. The highest BCUT2D eigenvalue weighted by molar-refractivity contribution is 5.87. The van der Waals surface area contributed by atoms with Gasteiger partial charge in [-0.15, -0.1) is 0 Å². The standard InChI is InChI=1S/C20H21FN2/c1-13-19(16-7-5-4-6-8-16)20(14(2)23(13)15(3)22)17-9-11-18(21)12-10-17/h4-12,15H,22H2,1-3H3. The maximum atomic E-state index is 13.3. The molecular formula is C20H21FN2. The summed E-state index contributed by atoms with van der Waals surface area (Å²) in [5, 5.41) is 0. The Morgan fingerprint density at radius 3 is 1.78 bits per heavy atom. The van der Waals surface area contributed by atoms with Crippen LogP contribution < -0.4 is 5.73 Å². The van der Waals surface area contributed by atoms with Crippen LogP contribution in [0.1, 0.15) is 24.5 Å².